The average Bonchev–Trinajstić information content (AvgIpc) is 2.04. The van der Waals surface area contributed by atoms with Crippen LogP contribution in [0.4, 0.5) is 0 Å². The average molecular weight is 216 g/mol. The normalized spacial score (nSPS) is 10.2. The molecule has 0 aromatic heterocycles. The Kier molecular flexibility index (Phi) is 3.95. The maximum atomic E-state index is 5.91. The third-order valence-electron chi connectivity index (χ3n) is 2.12. The van der Waals surface area contributed by atoms with Crippen molar-refractivity contribution in [2.45, 2.75) is 26.7 Å². The highest BCUT2D eigenvalue weighted by Gasteiger charge is 2.16. The minimum absolute atomic E-state index is 0.710. The van der Waals surface area contributed by atoms with Crippen molar-refractivity contribution in [3.63, 3.8) is 0 Å². The Labute approximate surface area is 89.9 Å². The minimum Gasteiger partial charge on any atom is -0.0682 e. The van der Waals surface area contributed by atoms with Crippen LogP contribution < -0.4 is 0 Å². The van der Waals surface area contributed by atoms with E-state index in [2.05, 4.69) is 13.8 Å². The Balaban J connectivity index is 2.99. The fourth-order valence-corrected chi connectivity index (χ4v) is 1.94. The van der Waals surface area contributed by atoms with Crippen molar-refractivity contribution in [1.29, 1.82) is 0 Å². The summed E-state index contributed by atoms with van der Waals surface area (Å²) >= 11 is 11.8. The van der Waals surface area contributed by atoms with Crippen molar-refractivity contribution >= 4 is 23.2 Å². The van der Waals surface area contributed by atoms with Gasteiger partial charge in [0.15, 0.2) is 0 Å². The first-order valence-corrected chi connectivity index (χ1v) is 5.24. The lowest BCUT2D eigenvalue weighted by atomic mass is 9.94. The molecule has 70 valence electrons. The molecule has 0 aliphatic carbocycles. The van der Waals surface area contributed by atoms with Gasteiger partial charge in [-0.25, -0.2) is 0 Å². The van der Waals surface area contributed by atoms with Gasteiger partial charge < -0.3 is 0 Å². The Morgan fingerprint density at radius 1 is 1.00 bits per heavy atom. The Bertz CT molecular complexity index is 257. The molecule has 0 aliphatic rings. The zero-order valence-corrected chi connectivity index (χ0v) is 9.41. The molecule has 13 heavy (non-hydrogen) atoms. The smallest absolute Gasteiger partial charge is 0.0682 e. The molecule has 2 heteroatoms. The number of halogens is 2. The standard InChI is InChI=1S/C11H13Cl2/c1-3-8(4-2)9-5-10(12)7-11(13)6-9/h5-7H,3-4H2,1-2H3/q+1. The van der Waals surface area contributed by atoms with Gasteiger partial charge in [0, 0.05) is 24.8 Å². The molecule has 0 spiro atoms. The quantitative estimate of drug-likeness (QED) is 0.640. The topological polar surface area (TPSA) is 0 Å². The lowest BCUT2D eigenvalue weighted by molar-refractivity contribution is 0.850. The van der Waals surface area contributed by atoms with Crippen LogP contribution >= 0.6 is 23.2 Å². The van der Waals surface area contributed by atoms with Crippen LogP contribution in [0.3, 0.4) is 0 Å². The van der Waals surface area contributed by atoms with Crippen LogP contribution in [-0.2, 0) is 0 Å². The molecular formula is C11H13Cl2+. The van der Waals surface area contributed by atoms with E-state index in [9.17, 15) is 0 Å². The van der Waals surface area contributed by atoms with E-state index in [0.29, 0.717) is 10.0 Å². The molecule has 0 nitrogen and oxygen atoms in total. The van der Waals surface area contributed by atoms with Gasteiger partial charge in [0.05, 0.1) is 22.2 Å². The second-order valence-electron chi connectivity index (χ2n) is 2.97. The summed E-state index contributed by atoms with van der Waals surface area (Å²) in [6.45, 7) is 4.29. The van der Waals surface area contributed by atoms with Crippen LogP contribution in [0.2, 0.25) is 10.0 Å². The first-order valence-electron chi connectivity index (χ1n) is 4.48. The molecule has 0 saturated carbocycles. The predicted octanol–water partition coefficient (Wildman–Crippen LogP) is 4.74. The second kappa shape index (κ2) is 4.78. The predicted molar refractivity (Wildman–Crippen MR) is 59.4 cm³/mol. The van der Waals surface area contributed by atoms with E-state index in [1.165, 1.54) is 11.5 Å². The van der Waals surface area contributed by atoms with E-state index in [1.54, 1.807) is 6.07 Å². The molecule has 1 rings (SSSR count). The highest BCUT2D eigenvalue weighted by atomic mass is 35.5. The molecule has 0 radical (unpaired) electrons. The summed E-state index contributed by atoms with van der Waals surface area (Å²) in [5.41, 5.74) is 1.17. The highest BCUT2D eigenvalue weighted by Crippen LogP contribution is 2.27. The van der Waals surface area contributed by atoms with Gasteiger partial charge in [-0.2, -0.15) is 0 Å². The van der Waals surface area contributed by atoms with Gasteiger partial charge in [-0.3, -0.25) is 0 Å². The van der Waals surface area contributed by atoms with Crippen LogP contribution in [0.5, 0.6) is 0 Å². The summed E-state index contributed by atoms with van der Waals surface area (Å²) < 4.78 is 0. The van der Waals surface area contributed by atoms with E-state index in [1.807, 2.05) is 12.1 Å². The van der Waals surface area contributed by atoms with Gasteiger partial charge in [-0.15, -0.1) is 0 Å². The van der Waals surface area contributed by atoms with Gasteiger partial charge in [0.2, 0.25) is 0 Å². The number of hydrogen-bond acceptors (Lipinski definition) is 0. The zero-order chi connectivity index (χ0) is 9.84. The fourth-order valence-electron chi connectivity index (χ4n) is 1.42. The first-order chi connectivity index (χ1) is 6.17. The van der Waals surface area contributed by atoms with E-state index >= 15 is 0 Å². The molecule has 0 saturated heterocycles. The summed E-state index contributed by atoms with van der Waals surface area (Å²) in [6, 6.07) is 5.70. The Morgan fingerprint density at radius 2 is 1.46 bits per heavy atom. The highest BCUT2D eigenvalue weighted by molar-refractivity contribution is 6.34. The molecule has 0 unspecified atom stereocenters. The molecule has 0 amide bonds. The van der Waals surface area contributed by atoms with Gasteiger partial charge in [-0.05, 0) is 13.8 Å². The largest absolute Gasteiger partial charge is 0.135 e. The van der Waals surface area contributed by atoms with Gasteiger partial charge in [-0.1, -0.05) is 23.2 Å². The SMILES string of the molecule is CC[C+](CC)c1cc(Cl)cc(Cl)c1. The Morgan fingerprint density at radius 3 is 1.85 bits per heavy atom. The third kappa shape index (κ3) is 2.82. The lowest BCUT2D eigenvalue weighted by Crippen LogP contribution is -1.96. The summed E-state index contributed by atoms with van der Waals surface area (Å²) in [4.78, 5) is 0. The number of hydrogen-bond donors (Lipinski definition) is 0. The van der Waals surface area contributed by atoms with Crippen LogP contribution in [0.1, 0.15) is 32.3 Å². The summed E-state index contributed by atoms with van der Waals surface area (Å²) in [7, 11) is 0. The van der Waals surface area contributed by atoms with E-state index in [-0.39, 0.29) is 0 Å². The van der Waals surface area contributed by atoms with E-state index in [0.717, 1.165) is 12.8 Å². The lowest BCUT2D eigenvalue weighted by Gasteiger charge is -2.04. The fraction of sp³-hybridized carbons (Fsp3) is 0.364. The summed E-state index contributed by atoms with van der Waals surface area (Å²) in [6.07, 6.45) is 2.10. The Hall–Kier alpha value is -0.330. The van der Waals surface area contributed by atoms with Crippen LogP contribution in [0.15, 0.2) is 18.2 Å². The molecular weight excluding hydrogens is 203 g/mol. The van der Waals surface area contributed by atoms with Crippen molar-refractivity contribution in [2.75, 3.05) is 0 Å². The van der Waals surface area contributed by atoms with Crippen molar-refractivity contribution in [2.24, 2.45) is 0 Å². The minimum atomic E-state index is 0.710. The molecule has 0 N–H and O–H groups in total. The monoisotopic (exact) mass is 215 g/mol. The maximum Gasteiger partial charge on any atom is 0.135 e. The van der Waals surface area contributed by atoms with Crippen LogP contribution in [0.25, 0.3) is 0 Å². The van der Waals surface area contributed by atoms with Crippen molar-refractivity contribution in [3.8, 4) is 0 Å². The van der Waals surface area contributed by atoms with Crippen LogP contribution in [-0.4, -0.2) is 0 Å². The van der Waals surface area contributed by atoms with Crippen LogP contribution in [0, 0.1) is 5.92 Å². The zero-order valence-electron chi connectivity index (χ0n) is 7.90. The molecule has 0 atom stereocenters. The van der Waals surface area contributed by atoms with Gasteiger partial charge in [0.25, 0.3) is 0 Å². The molecule has 0 bridgehead atoms. The molecule has 1 aromatic rings. The summed E-state index contributed by atoms with van der Waals surface area (Å²) in [5.74, 6) is 1.39. The van der Waals surface area contributed by atoms with Crippen molar-refractivity contribution < 1.29 is 0 Å². The van der Waals surface area contributed by atoms with Crippen molar-refractivity contribution in [3.05, 3.63) is 39.7 Å². The van der Waals surface area contributed by atoms with Gasteiger partial charge >= 0.3 is 0 Å². The second-order valence-corrected chi connectivity index (χ2v) is 3.84. The number of rotatable bonds is 3. The molecule has 0 aliphatic heterocycles. The van der Waals surface area contributed by atoms with E-state index in [4.69, 9.17) is 23.2 Å². The van der Waals surface area contributed by atoms with E-state index < -0.39 is 0 Å². The first kappa shape index (κ1) is 10.7. The molecule has 0 heterocycles. The molecule has 0 fully saturated rings. The van der Waals surface area contributed by atoms with Crippen molar-refractivity contribution in [1.82, 2.24) is 0 Å². The van der Waals surface area contributed by atoms with Gasteiger partial charge in [0.1, 0.15) is 5.56 Å². The molecule has 1 aromatic carbocycles. The maximum absolute atomic E-state index is 5.91. The number of benzene rings is 1. The third-order valence-corrected chi connectivity index (χ3v) is 2.56. The summed E-state index contributed by atoms with van der Waals surface area (Å²) in [5, 5.41) is 1.42.